The number of fused-ring (bicyclic) bond motifs is 1. The molecule has 0 saturated carbocycles. The summed E-state index contributed by atoms with van der Waals surface area (Å²) in [5.41, 5.74) is 2.54. The van der Waals surface area contributed by atoms with Gasteiger partial charge in [0.25, 0.3) is 5.91 Å². The SMILES string of the molecule is COc1cccc(CNC(=O)C2CN(C(=O)Nc3ccc(F)cc3)CCN2C(=O)c2cnc3ccccc3n2)c1. The largest absolute Gasteiger partial charge is 0.497 e. The number of carbonyl (C=O) groups is 3. The molecule has 11 heteroatoms. The van der Waals surface area contributed by atoms with Crippen molar-refractivity contribution in [3.05, 3.63) is 96.1 Å². The van der Waals surface area contributed by atoms with E-state index in [1.807, 2.05) is 18.2 Å². The van der Waals surface area contributed by atoms with Crippen LogP contribution in [-0.2, 0) is 11.3 Å². The Morgan fingerprint density at radius 1 is 1.00 bits per heavy atom. The molecule has 0 aliphatic carbocycles. The van der Waals surface area contributed by atoms with Gasteiger partial charge in [0.1, 0.15) is 23.3 Å². The zero-order valence-corrected chi connectivity index (χ0v) is 21.7. The lowest BCUT2D eigenvalue weighted by Gasteiger charge is -2.40. The maximum Gasteiger partial charge on any atom is 0.321 e. The number of amides is 4. The summed E-state index contributed by atoms with van der Waals surface area (Å²) in [6.07, 6.45) is 1.39. The lowest BCUT2D eigenvalue weighted by molar-refractivity contribution is -0.127. The molecule has 204 valence electrons. The van der Waals surface area contributed by atoms with Crippen LogP contribution in [0.5, 0.6) is 5.75 Å². The fourth-order valence-electron chi connectivity index (χ4n) is 4.47. The number of carbonyl (C=O) groups excluding carboxylic acids is 3. The molecule has 1 aromatic heterocycles. The number of piperazine rings is 1. The highest BCUT2D eigenvalue weighted by molar-refractivity contribution is 5.98. The standard InChI is InChI=1S/C29H27FN6O4/c1-40-22-6-4-5-19(15-22)16-32-27(37)26-18-35(29(39)33-21-11-9-20(30)10-12-21)13-14-36(26)28(38)25-17-31-23-7-2-3-8-24(23)34-25/h2-12,15,17,26H,13-14,16,18H2,1H3,(H,32,37)(H,33,39). The van der Waals surface area contributed by atoms with Crippen LogP contribution in [0.25, 0.3) is 11.0 Å². The molecule has 3 aromatic carbocycles. The van der Waals surface area contributed by atoms with Gasteiger partial charge in [-0.3, -0.25) is 14.6 Å². The summed E-state index contributed by atoms with van der Waals surface area (Å²) in [4.78, 5) is 51.7. The van der Waals surface area contributed by atoms with Gasteiger partial charge >= 0.3 is 6.03 Å². The molecule has 0 radical (unpaired) electrons. The van der Waals surface area contributed by atoms with E-state index in [-0.39, 0.29) is 31.9 Å². The van der Waals surface area contributed by atoms with Crippen molar-refractivity contribution in [3.63, 3.8) is 0 Å². The zero-order valence-electron chi connectivity index (χ0n) is 21.7. The number of urea groups is 1. The maximum absolute atomic E-state index is 13.6. The molecule has 2 heterocycles. The van der Waals surface area contributed by atoms with E-state index in [4.69, 9.17) is 4.74 Å². The van der Waals surface area contributed by atoms with Gasteiger partial charge in [0, 0.05) is 25.3 Å². The van der Waals surface area contributed by atoms with E-state index < -0.39 is 29.7 Å². The summed E-state index contributed by atoms with van der Waals surface area (Å²) in [5, 5.41) is 5.59. The molecule has 1 aliphatic heterocycles. The molecular formula is C29H27FN6O4. The summed E-state index contributed by atoms with van der Waals surface area (Å²) in [6, 6.07) is 18.4. The first-order valence-corrected chi connectivity index (χ1v) is 12.7. The van der Waals surface area contributed by atoms with Crippen LogP contribution in [0.15, 0.2) is 79.0 Å². The topological polar surface area (TPSA) is 117 Å². The van der Waals surface area contributed by atoms with Gasteiger partial charge in [-0.1, -0.05) is 24.3 Å². The van der Waals surface area contributed by atoms with Gasteiger partial charge in [-0.2, -0.15) is 0 Å². The average molecular weight is 543 g/mol. The number of nitrogens with one attached hydrogen (secondary N) is 2. The number of halogens is 1. The van der Waals surface area contributed by atoms with Crippen molar-refractivity contribution in [2.75, 3.05) is 32.1 Å². The fraction of sp³-hybridized carbons (Fsp3) is 0.207. The number of ether oxygens (including phenoxy) is 1. The highest BCUT2D eigenvalue weighted by Crippen LogP contribution is 2.18. The third kappa shape index (κ3) is 5.98. The average Bonchev–Trinajstić information content (AvgIpc) is 3.00. The van der Waals surface area contributed by atoms with Crippen molar-refractivity contribution in [1.82, 2.24) is 25.1 Å². The Morgan fingerprint density at radius 2 is 1.77 bits per heavy atom. The molecule has 1 fully saturated rings. The third-order valence-electron chi connectivity index (χ3n) is 6.60. The highest BCUT2D eigenvalue weighted by Gasteiger charge is 2.38. The van der Waals surface area contributed by atoms with E-state index in [9.17, 15) is 18.8 Å². The van der Waals surface area contributed by atoms with Crippen LogP contribution >= 0.6 is 0 Å². The van der Waals surface area contributed by atoms with Gasteiger partial charge in [0.15, 0.2) is 0 Å². The van der Waals surface area contributed by atoms with Gasteiger partial charge in [-0.15, -0.1) is 0 Å². The van der Waals surface area contributed by atoms with Crippen LogP contribution < -0.4 is 15.4 Å². The lowest BCUT2D eigenvalue weighted by Crippen LogP contribution is -2.62. The van der Waals surface area contributed by atoms with Crippen LogP contribution in [0.3, 0.4) is 0 Å². The smallest absolute Gasteiger partial charge is 0.321 e. The van der Waals surface area contributed by atoms with Crippen LogP contribution in [0.2, 0.25) is 0 Å². The predicted molar refractivity (Wildman–Crippen MR) is 146 cm³/mol. The second-order valence-corrected chi connectivity index (χ2v) is 9.21. The van der Waals surface area contributed by atoms with E-state index in [1.165, 1.54) is 40.3 Å². The molecule has 10 nitrogen and oxygen atoms in total. The summed E-state index contributed by atoms with van der Waals surface area (Å²) in [7, 11) is 1.56. The van der Waals surface area contributed by atoms with Crippen LogP contribution in [0.4, 0.5) is 14.9 Å². The quantitative estimate of drug-likeness (QED) is 0.386. The molecule has 1 atom stereocenters. The minimum absolute atomic E-state index is 0.0519. The van der Waals surface area contributed by atoms with Crippen LogP contribution in [-0.4, -0.2) is 70.4 Å². The maximum atomic E-state index is 13.6. The van der Waals surface area contributed by atoms with Crippen LogP contribution in [0.1, 0.15) is 16.1 Å². The molecule has 2 N–H and O–H groups in total. The number of methoxy groups -OCH3 is 1. The van der Waals surface area contributed by atoms with Crippen molar-refractivity contribution >= 4 is 34.6 Å². The number of hydrogen-bond acceptors (Lipinski definition) is 6. The lowest BCUT2D eigenvalue weighted by atomic mass is 10.1. The Bertz CT molecular complexity index is 1550. The van der Waals surface area contributed by atoms with Gasteiger partial charge in [0.2, 0.25) is 5.91 Å². The Kier molecular flexibility index (Phi) is 7.81. The highest BCUT2D eigenvalue weighted by atomic mass is 19.1. The minimum atomic E-state index is -0.987. The number of hydrogen-bond donors (Lipinski definition) is 2. The van der Waals surface area contributed by atoms with E-state index in [0.717, 1.165) is 5.56 Å². The van der Waals surface area contributed by atoms with Gasteiger partial charge < -0.3 is 25.2 Å². The Balaban J connectivity index is 1.36. The van der Waals surface area contributed by atoms with E-state index in [0.29, 0.717) is 22.5 Å². The molecule has 1 unspecified atom stereocenters. The number of anilines is 1. The molecule has 5 rings (SSSR count). The zero-order chi connectivity index (χ0) is 28.1. The number of benzene rings is 3. The molecule has 4 amide bonds. The first-order valence-electron chi connectivity index (χ1n) is 12.7. The normalized spacial score (nSPS) is 15.0. The van der Waals surface area contributed by atoms with Crippen molar-refractivity contribution < 1.29 is 23.5 Å². The molecular weight excluding hydrogens is 515 g/mol. The fourth-order valence-corrected chi connectivity index (χ4v) is 4.47. The Morgan fingerprint density at radius 3 is 2.55 bits per heavy atom. The molecule has 0 bridgehead atoms. The van der Waals surface area contributed by atoms with E-state index in [2.05, 4.69) is 20.6 Å². The van der Waals surface area contributed by atoms with Gasteiger partial charge in [0.05, 0.1) is 30.9 Å². The molecule has 0 spiro atoms. The van der Waals surface area contributed by atoms with Crippen molar-refractivity contribution in [2.24, 2.45) is 0 Å². The number of para-hydroxylation sites is 2. The van der Waals surface area contributed by atoms with Crippen molar-refractivity contribution in [1.29, 1.82) is 0 Å². The summed E-state index contributed by atoms with van der Waals surface area (Å²) in [5.74, 6) is -0.656. The van der Waals surface area contributed by atoms with Crippen LogP contribution in [0, 0.1) is 5.82 Å². The molecule has 40 heavy (non-hydrogen) atoms. The number of nitrogens with zero attached hydrogens (tertiary/aromatic N) is 4. The van der Waals surface area contributed by atoms with Crippen molar-refractivity contribution in [2.45, 2.75) is 12.6 Å². The predicted octanol–water partition coefficient (Wildman–Crippen LogP) is 3.45. The molecule has 1 saturated heterocycles. The number of aromatic nitrogens is 2. The summed E-state index contributed by atoms with van der Waals surface area (Å²) < 4.78 is 18.5. The summed E-state index contributed by atoms with van der Waals surface area (Å²) >= 11 is 0. The minimum Gasteiger partial charge on any atom is -0.497 e. The second kappa shape index (κ2) is 11.8. The first kappa shape index (κ1) is 26.5. The van der Waals surface area contributed by atoms with E-state index in [1.54, 1.807) is 37.4 Å². The first-order chi connectivity index (χ1) is 19.4. The molecule has 4 aromatic rings. The number of rotatable bonds is 6. The second-order valence-electron chi connectivity index (χ2n) is 9.21. The Hall–Kier alpha value is -5.06. The summed E-state index contributed by atoms with van der Waals surface area (Å²) in [6.45, 7) is 0.427. The monoisotopic (exact) mass is 542 g/mol. The third-order valence-corrected chi connectivity index (χ3v) is 6.60. The molecule has 1 aliphatic rings. The van der Waals surface area contributed by atoms with Gasteiger partial charge in [-0.05, 0) is 54.1 Å². The van der Waals surface area contributed by atoms with E-state index >= 15 is 0 Å². The van der Waals surface area contributed by atoms with Crippen molar-refractivity contribution in [3.8, 4) is 5.75 Å². The van der Waals surface area contributed by atoms with Gasteiger partial charge in [-0.25, -0.2) is 14.2 Å². The Labute approximate surface area is 229 Å².